The topological polar surface area (TPSA) is 102 Å². The maximum atomic E-state index is 12.5. The van der Waals surface area contributed by atoms with Crippen molar-refractivity contribution in [2.45, 2.75) is 20.0 Å². The number of para-hydroxylation sites is 1. The summed E-state index contributed by atoms with van der Waals surface area (Å²) in [5.74, 6) is 0.737. The molecule has 146 valence electrons. The van der Waals surface area contributed by atoms with Crippen molar-refractivity contribution < 1.29 is 14.3 Å². The molecule has 3 aromatic rings. The summed E-state index contributed by atoms with van der Waals surface area (Å²) < 4.78 is 11.6. The molecule has 8 heteroatoms. The van der Waals surface area contributed by atoms with E-state index in [2.05, 4.69) is 10.3 Å². The quantitative estimate of drug-likeness (QED) is 0.642. The van der Waals surface area contributed by atoms with Crippen molar-refractivity contribution in [2.75, 3.05) is 13.7 Å². The molecule has 0 unspecified atom stereocenters. The molecule has 2 aromatic carbocycles. The number of fused-ring (bicyclic) bond motifs is 1. The molecule has 0 spiro atoms. The highest BCUT2D eigenvalue weighted by molar-refractivity contribution is 5.78. The van der Waals surface area contributed by atoms with Crippen molar-refractivity contribution in [3.8, 4) is 11.5 Å². The molecule has 28 heavy (non-hydrogen) atoms. The molecule has 0 fully saturated rings. The lowest BCUT2D eigenvalue weighted by Gasteiger charge is -2.12. The third-order valence-corrected chi connectivity index (χ3v) is 4.21. The Kier molecular flexibility index (Phi) is 5.78. The van der Waals surface area contributed by atoms with Gasteiger partial charge >= 0.3 is 5.69 Å². The maximum Gasteiger partial charge on any atom is 0.329 e. The first-order valence-electron chi connectivity index (χ1n) is 8.81. The van der Waals surface area contributed by atoms with Crippen LogP contribution in [0.3, 0.4) is 0 Å². The molecule has 3 rings (SSSR count). The van der Waals surface area contributed by atoms with Crippen LogP contribution in [0, 0.1) is 0 Å². The molecule has 0 aliphatic carbocycles. The Bertz CT molecular complexity index is 1120. The Morgan fingerprint density at radius 2 is 1.93 bits per heavy atom. The number of ether oxygens (including phenoxy) is 2. The van der Waals surface area contributed by atoms with E-state index in [0.717, 1.165) is 10.1 Å². The summed E-state index contributed by atoms with van der Waals surface area (Å²) in [5.41, 5.74) is 0.114. The zero-order valence-electron chi connectivity index (χ0n) is 15.7. The minimum atomic E-state index is -0.624. The summed E-state index contributed by atoms with van der Waals surface area (Å²) in [7, 11) is 1.54. The van der Waals surface area contributed by atoms with Crippen molar-refractivity contribution in [2.24, 2.45) is 0 Å². The number of carbonyl (C=O) groups is 1. The van der Waals surface area contributed by atoms with Gasteiger partial charge in [-0.25, -0.2) is 4.79 Å². The first kappa shape index (κ1) is 19.2. The van der Waals surface area contributed by atoms with Crippen LogP contribution in [0.15, 0.2) is 52.1 Å². The van der Waals surface area contributed by atoms with E-state index in [-0.39, 0.29) is 13.1 Å². The smallest absolute Gasteiger partial charge is 0.329 e. The SMILES string of the molecule is CCOc1ccc(CNC(=O)Cn2c(=O)[nH]c3ccccc3c2=O)cc1OC. The average Bonchev–Trinajstić information content (AvgIpc) is 2.70. The van der Waals surface area contributed by atoms with Gasteiger partial charge in [-0.1, -0.05) is 18.2 Å². The van der Waals surface area contributed by atoms with Crippen molar-refractivity contribution in [1.29, 1.82) is 0 Å². The monoisotopic (exact) mass is 383 g/mol. The van der Waals surface area contributed by atoms with E-state index in [4.69, 9.17) is 9.47 Å². The minimum absolute atomic E-state index is 0.224. The van der Waals surface area contributed by atoms with Gasteiger partial charge in [0, 0.05) is 6.54 Å². The van der Waals surface area contributed by atoms with Crippen LogP contribution in [0.5, 0.6) is 11.5 Å². The van der Waals surface area contributed by atoms with Gasteiger partial charge in [-0.05, 0) is 36.8 Å². The first-order chi connectivity index (χ1) is 13.5. The number of rotatable bonds is 7. The lowest BCUT2D eigenvalue weighted by Crippen LogP contribution is -2.40. The molecule has 8 nitrogen and oxygen atoms in total. The van der Waals surface area contributed by atoms with Gasteiger partial charge in [0.25, 0.3) is 5.56 Å². The van der Waals surface area contributed by atoms with Gasteiger partial charge in [-0.15, -0.1) is 0 Å². The van der Waals surface area contributed by atoms with Crippen LogP contribution in [0.2, 0.25) is 0 Å². The summed E-state index contributed by atoms with van der Waals surface area (Å²) in [4.78, 5) is 39.5. The molecule has 0 aliphatic heterocycles. The van der Waals surface area contributed by atoms with Crippen molar-refractivity contribution in [3.05, 3.63) is 68.9 Å². The fourth-order valence-electron chi connectivity index (χ4n) is 2.84. The molecule has 2 N–H and O–H groups in total. The van der Waals surface area contributed by atoms with Crippen molar-refractivity contribution in [3.63, 3.8) is 0 Å². The average molecular weight is 383 g/mol. The number of aromatic nitrogens is 2. The predicted molar refractivity (Wildman–Crippen MR) is 105 cm³/mol. The molecule has 1 amide bonds. The lowest BCUT2D eigenvalue weighted by atomic mass is 10.2. The number of hydrogen-bond acceptors (Lipinski definition) is 5. The van der Waals surface area contributed by atoms with Crippen molar-refractivity contribution >= 4 is 16.8 Å². The summed E-state index contributed by atoms with van der Waals surface area (Å²) in [5, 5.41) is 3.06. The number of nitrogens with zero attached hydrogens (tertiary/aromatic N) is 1. The highest BCUT2D eigenvalue weighted by Crippen LogP contribution is 2.27. The van der Waals surface area contributed by atoms with Crippen LogP contribution in [0.25, 0.3) is 10.9 Å². The summed E-state index contributed by atoms with van der Waals surface area (Å²) in [6.07, 6.45) is 0. The van der Waals surface area contributed by atoms with Crippen LogP contribution in [-0.4, -0.2) is 29.2 Å². The van der Waals surface area contributed by atoms with Crippen LogP contribution >= 0.6 is 0 Å². The molecule has 1 heterocycles. The number of carbonyl (C=O) groups excluding carboxylic acids is 1. The normalized spacial score (nSPS) is 10.6. The van der Waals surface area contributed by atoms with Gasteiger partial charge in [0.05, 0.1) is 24.6 Å². The Morgan fingerprint density at radius 1 is 1.14 bits per heavy atom. The van der Waals surface area contributed by atoms with Gasteiger partial charge in [0.2, 0.25) is 5.91 Å². The number of aromatic amines is 1. The second-order valence-corrected chi connectivity index (χ2v) is 6.06. The predicted octanol–water partition coefficient (Wildman–Crippen LogP) is 1.41. The molecular formula is C20H21N3O5. The number of nitrogens with one attached hydrogen (secondary N) is 2. The fourth-order valence-corrected chi connectivity index (χ4v) is 2.84. The Hall–Kier alpha value is -3.55. The first-order valence-corrected chi connectivity index (χ1v) is 8.81. The van der Waals surface area contributed by atoms with Crippen molar-refractivity contribution in [1.82, 2.24) is 14.9 Å². The molecule has 0 aliphatic rings. The third kappa shape index (κ3) is 4.06. The van der Waals surface area contributed by atoms with E-state index in [1.807, 2.05) is 13.0 Å². The summed E-state index contributed by atoms with van der Waals surface area (Å²) in [6.45, 7) is 2.25. The van der Waals surface area contributed by atoms with Gasteiger partial charge in [-0.2, -0.15) is 0 Å². The van der Waals surface area contributed by atoms with E-state index in [1.54, 1.807) is 43.5 Å². The lowest BCUT2D eigenvalue weighted by molar-refractivity contribution is -0.121. The minimum Gasteiger partial charge on any atom is -0.493 e. The molecule has 0 bridgehead atoms. The van der Waals surface area contributed by atoms with E-state index in [9.17, 15) is 14.4 Å². The van der Waals surface area contributed by atoms with E-state index < -0.39 is 17.2 Å². The molecule has 0 saturated carbocycles. The van der Waals surface area contributed by atoms with Crippen LogP contribution < -0.4 is 26.0 Å². The van der Waals surface area contributed by atoms with Gasteiger partial charge in [-0.3, -0.25) is 14.2 Å². The maximum absolute atomic E-state index is 12.5. The zero-order valence-corrected chi connectivity index (χ0v) is 15.7. The Labute approximate surface area is 160 Å². The third-order valence-electron chi connectivity index (χ3n) is 4.21. The Balaban J connectivity index is 1.72. The number of amides is 1. The van der Waals surface area contributed by atoms with E-state index in [1.165, 1.54) is 0 Å². The van der Waals surface area contributed by atoms with Crippen LogP contribution in [0.1, 0.15) is 12.5 Å². The largest absolute Gasteiger partial charge is 0.493 e. The zero-order chi connectivity index (χ0) is 20.1. The summed E-state index contributed by atoms with van der Waals surface area (Å²) >= 11 is 0. The highest BCUT2D eigenvalue weighted by Gasteiger charge is 2.12. The number of methoxy groups -OCH3 is 1. The number of benzene rings is 2. The molecule has 0 atom stereocenters. The van der Waals surface area contributed by atoms with Gasteiger partial charge in [0.15, 0.2) is 11.5 Å². The molecule has 1 aromatic heterocycles. The molecule has 0 radical (unpaired) electrons. The molecular weight excluding hydrogens is 362 g/mol. The van der Waals surface area contributed by atoms with Crippen LogP contribution in [0.4, 0.5) is 0 Å². The van der Waals surface area contributed by atoms with Gasteiger partial charge in [0.1, 0.15) is 6.54 Å². The second kappa shape index (κ2) is 8.43. The standard InChI is InChI=1S/C20H21N3O5/c1-3-28-16-9-8-13(10-17(16)27-2)11-21-18(24)12-23-19(25)14-6-4-5-7-15(14)22-20(23)26/h4-10H,3,11-12H2,1-2H3,(H,21,24)(H,22,26). The van der Waals surface area contributed by atoms with Gasteiger partial charge < -0.3 is 19.8 Å². The number of hydrogen-bond donors (Lipinski definition) is 2. The fraction of sp³-hybridized carbons (Fsp3) is 0.250. The highest BCUT2D eigenvalue weighted by atomic mass is 16.5. The van der Waals surface area contributed by atoms with E-state index in [0.29, 0.717) is 29.0 Å². The van der Waals surface area contributed by atoms with E-state index >= 15 is 0 Å². The Morgan fingerprint density at radius 3 is 2.68 bits per heavy atom. The molecule has 0 saturated heterocycles. The summed E-state index contributed by atoms with van der Waals surface area (Å²) in [6, 6.07) is 12.0. The second-order valence-electron chi connectivity index (χ2n) is 6.06. The number of H-pyrrole nitrogens is 1. The van der Waals surface area contributed by atoms with Crippen LogP contribution in [-0.2, 0) is 17.9 Å².